The average Bonchev–Trinajstić information content (AvgIpc) is 2.88. The van der Waals surface area contributed by atoms with Gasteiger partial charge in [0, 0.05) is 48.5 Å². The fraction of sp³-hybridized carbons (Fsp3) is 0.296. The number of rotatable bonds is 8. The Morgan fingerprint density at radius 3 is 2.53 bits per heavy atom. The van der Waals surface area contributed by atoms with Crippen LogP contribution in [-0.4, -0.2) is 31.2 Å². The lowest BCUT2D eigenvalue weighted by molar-refractivity contribution is -0.0950. The number of nitrogens with zero attached hydrogens (tertiary/aromatic N) is 1. The van der Waals surface area contributed by atoms with Gasteiger partial charge in [-0.25, -0.2) is 4.39 Å². The predicted octanol–water partition coefficient (Wildman–Crippen LogP) is 6.41. The number of ether oxygens (including phenoxy) is 3. The summed E-state index contributed by atoms with van der Waals surface area (Å²) < 4.78 is 32.1. The molecule has 3 aromatic carbocycles. The van der Waals surface area contributed by atoms with Gasteiger partial charge in [0.25, 0.3) is 0 Å². The minimum Gasteiger partial charge on any atom is -0.488 e. The van der Waals surface area contributed by atoms with Crippen LogP contribution in [0.15, 0.2) is 81.7 Å². The van der Waals surface area contributed by atoms with E-state index in [0.29, 0.717) is 49.7 Å². The fourth-order valence-corrected chi connectivity index (χ4v) is 5.04. The van der Waals surface area contributed by atoms with Crippen LogP contribution < -0.4 is 4.74 Å². The highest BCUT2D eigenvalue weighted by Gasteiger charge is 2.35. The molecule has 1 N–H and O–H groups in total. The molecule has 1 heterocycles. The van der Waals surface area contributed by atoms with Crippen LogP contribution in [0.25, 0.3) is 0 Å². The topological polar surface area (TPSA) is 60.3 Å². The van der Waals surface area contributed by atoms with Crippen LogP contribution in [-0.2, 0) is 21.7 Å². The Kier molecular flexibility index (Phi) is 7.88. The first-order chi connectivity index (χ1) is 16.5. The van der Waals surface area contributed by atoms with Crippen molar-refractivity contribution in [3.05, 3.63) is 89.2 Å². The van der Waals surface area contributed by atoms with Crippen molar-refractivity contribution < 1.29 is 23.8 Å². The molecule has 34 heavy (non-hydrogen) atoms. The van der Waals surface area contributed by atoms with Crippen LogP contribution in [0.1, 0.15) is 36.5 Å². The molecule has 0 unspecified atom stereocenters. The van der Waals surface area contributed by atoms with Gasteiger partial charge in [0.05, 0.1) is 11.3 Å². The molecule has 0 saturated carbocycles. The molecule has 4 rings (SSSR count). The molecule has 1 fully saturated rings. The standard InChI is InChI=1S/C27H28FNO4S/c1-19(29-30)25-9-8-23(17-26(25)33-18-20-6-4-3-5-7-20)34-24-15-21(14-22(28)16-24)27(31-2)10-12-32-13-11-27/h3-9,14-17,30H,10-13,18H2,1-2H3/b29-19+. The van der Waals surface area contributed by atoms with E-state index in [-0.39, 0.29) is 5.82 Å². The van der Waals surface area contributed by atoms with Crippen molar-refractivity contribution in [3.8, 4) is 5.75 Å². The zero-order chi connectivity index (χ0) is 24.0. The lowest BCUT2D eigenvalue weighted by atomic mass is 9.86. The van der Waals surface area contributed by atoms with Crippen molar-refractivity contribution in [1.82, 2.24) is 0 Å². The molecule has 7 heteroatoms. The largest absolute Gasteiger partial charge is 0.488 e. The molecular weight excluding hydrogens is 453 g/mol. The minimum absolute atomic E-state index is 0.302. The minimum atomic E-state index is -0.543. The lowest BCUT2D eigenvalue weighted by Crippen LogP contribution is -2.35. The quantitative estimate of drug-likeness (QED) is 0.229. The molecular formula is C27H28FNO4S. The van der Waals surface area contributed by atoms with E-state index in [4.69, 9.17) is 14.2 Å². The highest BCUT2D eigenvalue weighted by molar-refractivity contribution is 7.99. The number of benzene rings is 3. The molecule has 0 atom stereocenters. The van der Waals surface area contributed by atoms with Crippen LogP contribution in [0.3, 0.4) is 0 Å². The number of hydrogen-bond acceptors (Lipinski definition) is 6. The highest BCUT2D eigenvalue weighted by Crippen LogP contribution is 2.39. The van der Waals surface area contributed by atoms with E-state index in [1.54, 1.807) is 20.1 Å². The first kappa shape index (κ1) is 24.3. The summed E-state index contributed by atoms with van der Waals surface area (Å²) in [6, 6.07) is 20.6. The first-order valence-corrected chi connectivity index (χ1v) is 12.0. The molecule has 0 amide bonds. The van der Waals surface area contributed by atoms with Crippen molar-refractivity contribution in [2.75, 3.05) is 20.3 Å². The molecule has 3 aromatic rings. The van der Waals surface area contributed by atoms with Gasteiger partial charge < -0.3 is 19.4 Å². The van der Waals surface area contributed by atoms with Crippen molar-refractivity contribution in [2.45, 2.75) is 41.8 Å². The molecule has 178 valence electrons. The fourth-order valence-electron chi connectivity index (χ4n) is 4.11. The van der Waals surface area contributed by atoms with E-state index in [1.165, 1.54) is 17.8 Å². The molecule has 0 aliphatic carbocycles. The monoisotopic (exact) mass is 481 g/mol. The Labute approximate surface area is 203 Å². The summed E-state index contributed by atoms with van der Waals surface area (Å²) in [6.45, 7) is 3.27. The maximum atomic E-state index is 14.6. The third-order valence-electron chi connectivity index (χ3n) is 6.05. The van der Waals surface area contributed by atoms with Crippen molar-refractivity contribution >= 4 is 17.5 Å². The van der Waals surface area contributed by atoms with Crippen molar-refractivity contribution in [3.63, 3.8) is 0 Å². The third-order valence-corrected chi connectivity index (χ3v) is 7.02. The second kappa shape index (κ2) is 11.0. The number of hydrogen-bond donors (Lipinski definition) is 1. The van der Waals surface area contributed by atoms with Crippen LogP contribution in [0.4, 0.5) is 4.39 Å². The molecule has 1 saturated heterocycles. The number of methoxy groups -OCH3 is 1. The summed E-state index contributed by atoms with van der Waals surface area (Å²) in [7, 11) is 1.67. The Hall–Kier alpha value is -2.87. The van der Waals surface area contributed by atoms with Crippen LogP contribution >= 0.6 is 11.8 Å². The highest BCUT2D eigenvalue weighted by atomic mass is 32.2. The Bertz CT molecular complexity index is 1150. The summed E-state index contributed by atoms with van der Waals surface area (Å²) in [5.74, 6) is 0.293. The van der Waals surface area contributed by atoms with Crippen LogP contribution in [0, 0.1) is 5.82 Å². The summed E-state index contributed by atoms with van der Waals surface area (Å²) in [5.41, 5.74) is 2.46. The normalized spacial score (nSPS) is 15.8. The second-order valence-electron chi connectivity index (χ2n) is 8.21. The first-order valence-electron chi connectivity index (χ1n) is 11.1. The number of halogens is 1. The smallest absolute Gasteiger partial charge is 0.130 e. The number of oxime groups is 1. The van der Waals surface area contributed by atoms with Gasteiger partial charge in [-0.1, -0.05) is 47.2 Å². The lowest BCUT2D eigenvalue weighted by Gasteiger charge is -2.36. The molecule has 0 radical (unpaired) electrons. The van der Waals surface area contributed by atoms with E-state index >= 15 is 0 Å². The van der Waals surface area contributed by atoms with E-state index < -0.39 is 5.60 Å². The van der Waals surface area contributed by atoms with Gasteiger partial charge in [0.2, 0.25) is 0 Å². The van der Waals surface area contributed by atoms with Gasteiger partial charge in [-0.2, -0.15) is 0 Å². The summed E-state index contributed by atoms with van der Waals surface area (Å²) in [6.07, 6.45) is 1.37. The molecule has 0 bridgehead atoms. The summed E-state index contributed by atoms with van der Waals surface area (Å²) >= 11 is 1.44. The van der Waals surface area contributed by atoms with Crippen molar-refractivity contribution in [1.29, 1.82) is 0 Å². The van der Waals surface area contributed by atoms with E-state index in [1.807, 2.05) is 54.6 Å². The van der Waals surface area contributed by atoms with Gasteiger partial charge in [-0.3, -0.25) is 0 Å². The zero-order valence-electron chi connectivity index (χ0n) is 19.3. The van der Waals surface area contributed by atoms with Gasteiger partial charge in [-0.05, 0) is 54.4 Å². The van der Waals surface area contributed by atoms with Gasteiger partial charge in [0.15, 0.2) is 0 Å². The molecule has 0 spiro atoms. The average molecular weight is 482 g/mol. The maximum Gasteiger partial charge on any atom is 0.130 e. The Morgan fingerprint density at radius 2 is 1.82 bits per heavy atom. The van der Waals surface area contributed by atoms with E-state index in [0.717, 1.165) is 20.9 Å². The molecule has 0 aromatic heterocycles. The van der Waals surface area contributed by atoms with Gasteiger partial charge >= 0.3 is 0 Å². The molecule has 5 nitrogen and oxygen atoms in total. The van der Waals surface area contributed by atoms with Crippen molar-refractivity contribution in [2.24, 2.45) is 5.16 Å². The third kappa shape index (κ3) is 5.60. The van der Waals surface area contributed by atoms with Crippen LogP contribution in [0.2, 0.25) is 0 Å². The maximum absolute atomic E-state index is 14.6. The molecule has 1 aliphatic heterocycles. The Balaban J connectivity index is 1.61. The van der Waals surface area contributed by atoms with E-state index in [9.17, 15) is 9.60 Å². The SMILES string of the molecule is COC1(c2cc(F)cc(Sc3ccc(/C(C)=N/O)c(OCc4ccccc4)c3)c2)CCOCC1. The second-order valence-corrected chi connectivity index (χ2v) is 9.35. The zero-order valence-corrected chi connectivity index (χ0v) is 20.1. The van der Waals surface area contributed by atoms with Crippen LogP contribution in [0.5, 0.6) is 5.75 Å². The predicted molar refractivity (Wildman–Crippen MR) is 130 cm³/mol. The van der Waals surface area contributed by atoms with Gasteiger partial charge in [-0.15, -0.1) is 0 Å². The Morgan fingerprint density at radius 1 is 1.06 bits per heavy atom. The summed E-state index contributed by atoms with van der Waals surface area (Å²) in [5, 5.41) is 12.6. The molecule has 1 aliphatic rings. The van der Waals surface area contributed by atoms with E-state index in [2.05, 4.69) is 5.16 Å². The summed E-state index contributed by atoms with van der Waals surface area (Å²) in [4.78, 5) is 1.65. The van der Waals surface area contributed by atoms with Gasteiger partial charge in [0.1, 0.15) is 18.2 Å².